The SMILES string of the molecule is CC1(C)CCCCC1NC(=O)c1cc(Cl)ccn1. The second-order valence-corrected chi connectivity index (χ2v) is 6.06. The number of amides is 1. The minimum absolute atomic E-state index is 0.127. The van der Waals surface area contributed by atoms with Crippen LogP contribution in [0.15, 0.2) is 18.3 Å². The summed E-state index contributed by atoms with van der Waals surface area (Å²) in [6.45, 7) is 4.42. The number of carbonyl (C=O) groups is 1. The Balaban J connectivity index is 2.07. The Morgan fingerprint density at radius 3 is 2.94 bits per heavy atom. The van der Waals surface area contributed by atoms with Gasteiger partial charge in [0.25, 0.3) is 5.91 Å². The fraction of sp³-hybridized carbons (Fsp3) is 0.571. The van der Waals surface area contributed by atoms with Crippen molar-refractivity contribution in [1.82, 2.24) is 10.3 Å². The van der Waals surface area contributed by atoms with Crippen LogP contribution in [0.4, 0.5) is 0 Å². The van der Waals surface area contributed by atoms with Gasteiger partial charge in [-0.15, -0.1) is 0 Å². The van der Waals surface area contributed by atoms with Gasteiger partial charge >= 0.3 is 0 Å². The molecule has 0 saturated heterocycles. The van der Waals surface area contributed by atoms with Crippen LogP contribution in [0.5, 0.6) is 0 Å². The van der Waals surface area contributed by atoms with Crippen molar-refractivity contribution in [3.05, 3.63) is 29.0 Å². The number of hydrogen-bond donors (Lipinski definition) is 1. The van der Waals surface area contributed by atoms with Gasteiger partial charge in [0.2, 0.25) is 0 Å². The molecule has 1 heterocycles. The average molecular weight is 267 g/mol. The molecule has 1 aliphatic carbocycles. The second kappa shape index (κ2) is 5.27. The Labute approximate surface area is 113 Å². The van der Waals surface area contributed by atoms with E-state index in [1.54, 1.807) is 18.3 Å². The number of pyridine rings is 1. The van der Waals surface area contributed by atoms with Crippen molar-refractivity contribution >= 4 is 17.5 Å². The molecule has 1 aromatic heterocycles. The fourth-order valence-electron chi connectivity index (χ4n) is 2.52. The zero-order chi connectivity index (χ0) is 13.2. The highest BCUT2D eigenvalue weighted by molar-refractivity contribution is 6.30. The topological polar surface area (TPSA) is 42.0 Å². The lowest BCUT2D eigenvalue weighted by Crippen LogP contribution is -2.47. The molecule has 0 aliphatic heterocycles. The highest BCUT2D eigenvalue weighted by Gasteiger charge is 2.33. The summed E-state index contributed by atoms with van der Waals surface area (Å²) in [6, 6.07) is 3.50. The van der Waals surface area contributed by atoms with Crippen molar-refractivity contribution in [2.24, 2.45) is 5.41 Å². The van der Waals surface area contributed by atoms with Gasteiger partial charge in [0, 0.05) is 17.3 Å². The largest absolute Gasteiger partial charge is 0.347 e. The summed E-state index contributed by atoms with van der Waals surface area (Å²) in [5.74, 6) is -0.127. The molecule has 1 N–H and O–H groups in total. The molecule has 0 spiro atoms. The first-order chi connectivity index (χ1) is 8.49. The van der Waals surface area contributed by atoms with E-state index in [-0.39, 0.29) is 17.4 Å². The van der Waals surface area contributed by atoms with Gasteiger partial charge in [-0.1, -0.05) is 38.3 Å². The Bertz CT molecular complexity index is 445. The third kappa shape index (κ3) is 3.02. The van der Waals surface area contributed by atoms with Crippen LogP contribution >= 0.6 is 11.6 Å². The standard InChI is InChI=1S/C14H19ClN2O/c1-14(2)7-4-3-5-12(14)17-13(18)11-9-10(15)6-8-16-11/h6,8-9,12H,3-5,7H2,1-2H3,(H,17,18). The molecule has 1 fully saturated rings. The molecule has 4 heteroatoms. The van der Waals surface area contributed by atoms with E-state index in [0.717, 1.165) is 12.8 Å². The third-order valence-corrected chi connectivity index (χ3v) is 4.00. The summed E-state index contributed by atoms with van der Waals surface area (Å²) in [5, 5.41) is 3.63. The predicted molar refractivity (Wildman–Crippen MR) is 72.8 cm³/mol. The summed E-state index contributed by atoms with van der Waals surface area (Å²) < 4.78 is 0. The van der Waals surface area contributed by atoms with E-state index in [9.17, 15) is 4.79 Å². The Morgan fingerprint density at radius 2 is 2.28 bits per heavy atom. The van der Waals surface area contributed by atoms with Crippen LogP contribution in [0.3, 0.4) is 0 Å². The zero-order valence-electron chi connectivity index (χ0n) is 10.9. The van der Waals surface area contributed by atoms with E-state index in [1.807, 2.05) is 0 Å². The highest BCUT2D eigenvalue weighted by Crippen LogP contribution is 2.35. The van der Waals surface area contributed by atoms with E-state index in [0.29, 0.717) is 10.7 Å². The minimum Gasteiger partial charge on any atom is -0.347 e. The third-order valence-electron chi connectivity index (χ3n) is 3.77. The van der Waals surface area contributed by atoms with E-state index >= 15 is 0 Å². The van der Waals surface area contributed by atoms with Crippen LogP contribution in [-0.4, -0.2) is 16.9 Å². The van der Waals surface area contributed by atoms with Gasteiger partial charge in [0.05, 0.1) is 0 Å². The molecular weight excluding hydrogens is 248 g/mol. The Kier molecular flexibility index (Phi) is 3.91. The molecule has 98 valence electrons. The zero-order valence-corrected chi connectivity index (χ0v) is 11.6. The fourth-order valence-corrected chi connectivity index (χ4v) is 2.68. The van der Waals surface area contributed by atoms with E-state index in [2.05, 4.69) is 24.1 Å². The van der Waals surface area contributed by atoms with E-state index < -0.39 is 0 Å². The van der Waals surface area contributed by atoms with E-state index in [4.69, 9.17) is 11.6 Å². The molecule has 2 rings (SSSR count). The van der Waals surface area contributed by atoms with Crippen LogP contribution in [0.25, 0.3) is 0 Å². The molecule has 3 nitrogen and oxygen atoms in total. The molecule has 0 aromatic carbocycles. The lowest BCUT2D eigenvalue weighted by Gasteiger charge is -2.38. The summed E-state index contributed by atoms with van der Waals surface area (Å²) in [5.41, 5.74) is 0.552. The number of nitrogens with zero attached hydrogens (tertiary/aromatic N) is 1. The van der Waals surface area contributed by atoms with Crippen LogP contribution in [0.1, 0.15) is 50.0 Å². The molecule has 1 aromatic rings. The van der Waals surface area contributed by atoms with E-state index in [1.165, 1.54) is 12.8 Å². The molecule has 0 radical (unpaired) electrons. The number of nitrogens with one attached hydrogen (secondary N) is 1. The first-order valence-electron chi connectivity index (χ1n) is 6.41. The lowest BCUT2D eigenvalue weighted by molar-refractivity contribution is 0.0848. The van der Waals surface area contributed by atoms with Crippen molar-refractivity contribution < 1.29 is 4.79 Å². The van der Waals surface area contributed by atoms with Crippen molar-refractivity contribution in [3.63, 3.8) is 0 Å². The van der Waals surface area contributed by atoms with Crippen LogP contribution < -0.4 is 5.32 Å². The van der Waals surface area contributed by atoms with Gasteiger partial charge in [0.1, 0.15) is 5.69 Å². The van der Waals surface area contributed by atoms with Gasteiger partial charge in [-0.2, -0.15) is 0 Å². The van der Waals surface area contributed by atoms with Crippen molar-refractivity contribution in [2.45, 2.75) is 45.6 Å². The Morgan fingerprint density at radius 1 is 1.50 bits per heavy atom. The van der Waals surface area contributed by atoms with Gasteiger partial charge in [-0.25, -0.2) is 0 Å². The second-order valence-electron chi connectivity index (χ2n) is 5.62. The summed E-state index contributed by atoms with van der Waals surface area (Å²) in [6.07, 6.45) is 6.18. The highest BCUT2D eigenvalue weighted by atomic mass is 35.5. The first kappa shape index (κ1) is 13.3. The first-order valence-corrected chi connectivity index (χ1v) is 6.79. The molecule has 0 bridgehead atoms. The molecule has 1 saturated carbocycles. The lowest BCUT2D eigenvalue weighted by atomic mass is 9.73. The molecule has 1 aliphatic rings. The molecule has 18 heavy (non-hydrogen) atoms. The van der Waals surface area contributed by atoms with Crippen LogP contribution in [0, 0.1) is 5.41 Å². The molecule has 1 unspecified atom stereocenters. The number of aromatic nitrogens is 1. The van der Waals surface area contributed by atoms with Crippen molar-refractivity contribution in [2.75, 3.05) is 0 Å². The van der Waals surface area contributed by atoms with Crippen molar-refractivity contribution in [1.29, 1.82) is 0 Å². The summed E-state index contributed by atoms with van der Waals surface area (Å²) in [4.78, 5) is 16.2. The number of halogens is 1. The predicted octanol–water partition coefficient (Wildman–Crippen LogP) is 3.43. The quantitative estimate of drug-likeness (QED) is 0.891. The van der Waals surface area contributed by atoms with Crippen LogP contribution in [0.2, 0.25) is 5.02 Å². The maximum Gasteiger partial charge on any atom is 0.270 e. The monoisotopic (exact) mass is 266 g/mol. The number of rotatable bonds is 2. The molecular formula is C14H19ClN2O. The molecule has 1 amide bonds. The van der Waals surface area contributed by atoms with Gasteiger partial charge in [-0.3, -0.25) is 9.78 Å². The normalized spacial score (nSPS) is 22.5. The van der Waals surface area contributed by atoms with Gasteiger partial charge in [0.15, 0.2) is 0 Å². The van der Waals surface area contributed by atoms with Crippen molar-refractivity contribution in [3.8, 4) is 0 Å². The smallest absolute Gasteiger partial charge is 0.270 e. The maximum atomic E-state index is 12.1. The average Bonchev–Trinajstić information content (AvgIpc) is 2.31. The summed E-state index contributed by atoms with van der Waals surface area (Å²) in [7, 11) is 0. The van der Waals surface area contributed by atoms with Gasteiger partial charge in [-0.05, 0) is 30.4 Å². The number of hydrogen-bond acceptors (Lipinski definition) is 2. The van der Waals surface area contributed by atoms with Crippen LogP contribution in [-0.2, 0) is 0 Å². The molecule has 1 atom stereocenters. The number of carbonyl (C=O) groups excluding carboxylic acids is 1. The van der Waals surface area contributed by atoms with Gasteiger partial charge < -0.3 is 5.32 Å². The minimum atomic E-state index is -0.127. The summed E-state index contributed by atoms with van der Waals surface area (Å²) >= 11 is 5.87. The maximum absolute atomic E-state index is 12.1. The Hall–Kier alpha value is -1.09.